The molecular formula is C24H21BrF3NO6S2. The molecule has 0 aliphatic carbocycles. The van der Waals surface area contributed by atoms with Crippen LogP contribution in [-0.4, -0.2) is 36.1 Å². The number of benzene rings is 3. The summed E-state index contributed by atoms with van der Waals surface area (Å²) in [6.07, 6.45) is -5.56. The number of hydrogen-bond acceptors (Lipinski definition) is 6. The highest BCUT2D eigenvalue weighted by atomic mass is 79.9. The zero-order chi connectivity index (χ0) is 27.0. The van der Waals surface area contributed by atoms with Crippen LogP contribution in [0, 0.1) is 6.92 Å². The van der Waals surface area contributed by atoms with Crippen LogP contribution < -0.4 is 9.04 Å². The molecule has 4 rings (SSSR count). The van der Waals surface area contributed by atoms with Crippen molar-refractivity contribution in [1.82, 2.24) is 0 Å². The van der Waals surface area contributed by atoms with Crippen molar-refractivity contribution in [2.45, 2.75) is 35.4 Å². The number of sulfonamides is 1. The summed E-state index contributed by atoms with van der Waals surface area (Å²) in [7, 11) is -8.48. The van der Waals surface area contributed by atoms with Crippen molar-refractivity contribution in [2.24, 2.45) is 0 Å². The number of aryl methyl sites for hydroxylation is 1. The van der Waals surface area contributed by atoms with Gasteiger partial charge >= 0.3 is 6.18 Å². The van der Waals surface area contributed by atoms with Crippen molar-refractivity contribution in [3.63, 3.8) is 0 Å². The van der Waals surface area contributed by atoms with Gasteiger partial charge in [0, 0.05) is 10.9 Å². The lowest BCUT2D eigenvalue weighted by atomic mass is 10.2. The molecule has 13 heteroatoms. The van der Waals surface area contributed by atoms with Crippen molar-refractivity contribution in [3.8, 4) is 5.75 Å². The lowest BCUT2D eigenvalue weighted by molar-refractivity contribution is -0.137. The standard InChI is InChI=1S/C24H21BrF3NO6S2/c1-16-5-8-20(9-6-16)37(32,33)34-12-11-19-15-29(22-14-18(25)7-10-23(22)35-19)36(30,31)21-4-2-3-17(13-21)24(26,27)28/h2-10,13-14,19H,11-12,15H2,1H3. The molecule has 37 heavy (non-hydrogen) atoms. The lowest BCUT2D eigenvalue weighted by Gasteiger charge is -2.35. The molecule has 1 aliphatic heterocycles. The topological polar surface area (TPSA) is 90.0 Å². The Kier molecular flexibility index (Phi) is 7.62. The summed E-state index contributed by atoms with van der Waals surface area (Å²) < 4.78 is 104. The van der Waals surface area contributed by atoms with Gasteiger partial charge in [-0.05, 0) is 55.5 Å². The summed E-state index contributed by atoms with van der Waals surface area (Å²) in [6, 6.07) is 14.2. The third kappa shape index (κ3) is 6.11. The monoisotopic (exact) mass is 619 g/mol. The quantitative estimate of drug-likeness (QED) is 0.323. The molecule has 7 nitrogen and oxygen atoms in total. The molecule has 3 aromatic rings. The molecule has 1 heterocycles. The van der Waals surface area contributed by atoms with E-state index in [1.807, 2.05) is 6.92 Å². The lowest BCUT2D eigenvalue weighted by Crippen LogP contribution is -2.44. The fraction of sp³-hybridized carbons (Fsp3) is 0.250. The van der Waals surface area contributed by atoms with E-state index < -0.39 is 42.9 Å². The number of halogens is 4. The number of nitrogens with zero attached hydrogens (tertiary/aromatic N) is 1. The van der Waals surface area contributed by atoms with Gasteiger partial charge in [-0.3, -0.25) is 8.49 Å². The fourth-order valence-electron chi connectivity index (χ4n) is 3.69. The first-order chi connectivity index (χ1) is 17.3. The van der Waals surface area contributed by atoms with E-state index in [4.69, 9.17) is 8.92 Å². The number of hydrogen-bond donors (Lipinski definition) is 0. The second kappa shape index (κ2) is 10.3. The smallest absolute Gasteiger partial charge is 0.416 e. The summed E-state index contributed by atoms with van der Waals surface area (Å²) in [4.78, 5) is -0.557. The van der Waals surface area contributed by atoms with Crippen LogP contribution in [-0.2, 0) is 30.5 Å². The van der Waals surface area contributed by atoms with Crippen LogP contribution in [0.1, 0.15) is 17.5 Å². The van der Waals surface area contributed by atoms with Crippen molar-refractivity contribution in [2.75, 3.05) is 17.5 Å². The minimum Gasteiger partial charge on any atom is -0.486 e. The Morgan fingerprint density at radius 3 is 2.38 bits per heavy atom. The molecule has 1 unspecified atom stereocenters. The summed E-state index contributed by atoms with van der Waals surface area (Å²) in [5, 5.41) is 0. The van der Waals surface area contributed by atoms with Gasteiger partial charge in [0.15, 0.2) is 0 Å². The Morgan fingerprint density at radius 2 is 1.70 bits per heavy atom. The van der Waals surface area contributed by atoms with E-state index in [0.29, 0.717) is 10.5 Å². The highest BCUT2D eigenvalue weighted by Gasteiger charge is 2.37. The van der Waals surface area contributed by atoms with Gasteiger partial charge in [0.25, 0.3) is 20.1 Å². The van der Waals surface area contributed by atoms with E-state index in [2.05, 4.69) is 15.9 Å². The molecule has 0 spiro atoms. The average molecular weight is 620 g/mol. The van der Waals surface area contributed by atoms with Gasteiger partial charge in [-0.1, -0.05) is 39.7 Å². The van der Waals surface area contributed by atoms with Crippen LogP contribution in [0.2, 0.25) is 0 Å². The van der Waals surface area contributed by atoms with Gasteiger partial charge < -0.3 is 4.74 Å². The normalized spacial score (nSPS) is 16.2. The van der Waals surface area contributed by atoms with Gasteiger partial charge in [-0.2, -0.15) is 21.6 Å². The molecule has 0 saturated heterocycles. The number of anilines is 1. The fourth-order valence-corrected chi connectivity index (χ4v) is 6.50. The Bertz CT molecular complexity index is 1510. The maximum Gasteiger partial charge on any atom is 0.416 e. The minimum absolute atomic E-state index is 0.00476. The Balaban J connectivity index is 1.58. The van der Waals surface area contributed by atoms with E-state index >= 15 is 0 Å². The van der Waals surface area contributed by atoms with Gasteiger partial charge in [0.1, 0.15) is 11.9 Å². The molecule has 0 amide bonds. The molecule has 198 valence electrons. The summed E-state index contributed by atoms with van der Waals surface area (Å²) in [5.74, 6) is 0.177. The molecule has 0 saturated carbocycles. The predicted octanol–water partition coefficient (Wildman–Crippen LogP) is 5.53. The largest absolute Gasteiger partial charge is 0.486 e. The molecule has 0 fully saturated rings. The Labute approximate surface area is 221 Å². The zero-order valence-corrected chi connectivity index (χ0v) is 22.5. The first-order valence-corrected chi connectivity index (χ1v) is 14.5. The predicted molar refractivity (Wildman–Crippen MR) is 133 cm³/mol. The molecule has 1 aliphatic rings. The van der Waals surface area contributed by atoms with E-state index in [9.17, 15) is 30.0 Å². The van der Waals surface area contributed by atoms with Crippen LogP contribution in [0.5, 0.6) is 5.75 Å². The third-order valence-electron chi connectivity index (χ3n) is 5.59. The van der Waals surface area contributed by atoms with E-state index in [1.54, 1.807) is 18.2 Å². The van der Waals surface area contributed by atoms with Crippen LogP contribution in [0.3, 0.4) is 0 Å². The Hall–Kier alpha value is -2.61. The van der Waals surface area contributed by atoms with E-state index in [0.717, 1.165) is 28.1 Å². The number of alkyl halides is 3. The molecule has 3 aromatic carbocycles. The maximum absolute atomic E-state index is 13.5. The number of rotatable bonds is 7. The second-order valence-corrected chi connectivity index (χ2v) is 12.7. The molecule has 0 radical (unpaired) electrons. The van der Waals surface area contributed by atoms with Crippen molar-refractivity contribution < 1.29 is 38.9 Å². The Morgan fingerprint density at radius 1 is 1.00 bits per heavy atom. The van der Waals surface area contributed by atoms with Gasteiger partial charge in [0.05, 0.1) is 34.2 Å². The van der Waals surface area contributed by atoms with Gasteiger partial charge in [-0.15, -0.1) is 0 Å². The molecular weight excluding hydrogens is 599 g/mol. The second-order valence-electron chi connectivity index (χ2n) is 8.29. The summed E-state index contributed by atoms with van der Waals surface area (Å²) in [6.45, 7) is 1.24. The first-order valence-electron chi connectivity index (χ1n) is 10.9. The number of fused-ring (bicyclic) bond motifs is 1. The SMILES string of the molecule is Cc1ccc(S(=O)(=O)OCCC2CN(S(=O)(=O)c3cccc(C(F)(F)F)c3)c3cc(Br)ccc3O2)cc1. The zero-order valence-electron chi connectivity index (χ0n) is 19.3. The molecule has 0 bridgehead atoms. The van der Waals surface area contributed by atoms with Crippen LogP contribution in [0.4, 0.5) is 18.9 Å². The minimum atomic E-state index is -4.72. The van der Waals surface area contributed by atoms with Gasteiger partial charge in [-0.25, -0.2) is 8.42 Å². The maximum atomic E-state index is 13.5. The summed E-state index contributed by atoms with van der Waals surface area (Å²) >= 11 is 3.27. The van der Waals surface area contributed by atoms with Crippen LogP contribution >= 0.6 is 15.9 Å². The molecule has 0 aromatic heterocycles. The van der Waals surface area contributed by atoms with Crippen molar-refractivity contribution in [3.05, 3.63) is 82.3 Å². The first kappa shape index (κ1) is 27.4. The van der Waals surface area contributed by atoms with Gasteiger partial charge in [0.2, 0.25) is 0 Å². The van der Waals surface area contributed by atoms with E-state index in [-0.39, 0.29) is 35.9 Å². The number of ether oxygens (including phenoxy) is 1. The highest BCUT2D eigenvalue weighted by molar-refractivity contribution is 9.10. The van der Waals surface area contributed by atoms with Crippen molar-refractivity contribution >= 4 is 41.8 Å². The highest BCUT2D eigenvalue weighted by Crippen LogP contribution is 2.40. The van der Waals surface area contributed by atoms with Crippen molar-refractivity contribution in [1.29, 1.82) is 0 Å². The average Bonchev–Trinajstić information content (AvgIpc) is 2.83. The van der Waals surface area contributed by atoms with Crippen LogP contribution in [0.15, 0.2) is 81.0 Å². The van der Waals surface area contributed by atoms with Crippen LogP contribution in [0.25, 0.3) is 0 Å². The molecule has 1 atom stereocenters. The summed E-state index contributed by atoms with van der Waals surface area (Å²) in [5.41, 5.74) is -0.0827. The molecule has 0 N–H and O–H groups in total. The third-order valence-corrected chi connectivity index (χ3v) is 9.19. The van der Waals surface area contributed by atoms with E-state index in [1.165, 1.54) is 24.3 Å².